The Bertz CT molecular complexity index is 1370. The van der Waals surface area contributed by atoms with Gasteiger partial charge >= 0.3 is 6.18 Å². The number of para-hydroxylation sites is 2. The Morgan fingerprint density at radius 3 is 2.25 bits per heavy atom. The van der Waals surface area contributed by atoms with Gasteiger partial charge in [-0.05, 0) is 31.0 Å². The molecule has 1 aliphatic rings. The second-order valence-corrected chi connectivity index (χ2v) is 10.7. The first-order valence-electron chi connectivity index (χ1n) is 11.6. The number of likely N-dealkylation sites (tertiary alicyclic amines) is 1. The molecule has 1 aliphatic heterocycles. The van der Waals surface area contributed by atoms with Gasteiger partial charge in [-0.3, -0.25) is 9.59 Å². The standard InChI is InChI=1S/C25H26F3N3O4S/c26-25(27,28)19-10-4-5-11-20(19)29-23(32)17-36(34,35)22-15-31(21-12-6-3-9-18(21)22)16-24(33)30-13-7-1-2-8-14-30/h3-6,9-12,15H,1-2,7-8,13-14,16-17H2,(H,29,32). The zero-order valence-corrected chi connectivity index (χ0v) is 20.2. The SMILES string of the molecule is O=C(CS(=O)(=O)c1cn(CC(=O)N2CCCCCC2)c2ccccc12)Nc1ccccc1C(F)(F)F. The van der Waals surface area contributed by atoms with Crippen LogP contribution in [0.4, 0.5) is 18.9 Å². The summed E-state index contributed by atoms with van der Waals surface area (Å²) in [6.07, 6.45) is 0.583. The summed E-state index contributed by atoms with van der Waals surface area (Å²) >= 11 is 0. The molecule has 1 saturated heterocycles. The molecule has 0 spiro atoms. The van der Waals surface area contributed by atoms with Gasteiger partial charge in [-0.1, -0.05) is 43.2 Å². The van der Waals surface area contributed by atoms with Crippen LogP contribution in [-0.4, -0.2) is 48.5 Å². The van der Waals surface area contributed by atoms with Crippen molar-refractivity contribution in [1.29, 1.82) is 0 Å². The minimum atomic E-state index is -4.71. The monoisotopic (exact) mass is 521 g/mol. The number of aromatic nitrogens is 1. The Hall–Kier alpha value is -3.34. The Morgan fingerprint density at radius 2 is 1.56 bits per heavy atom. The van der Waals surface area contributed by atoms with E-state index in [2.05, 4.69) is 5.32 Å². The van der Waals surface area contributed by atoms with Crippen LogP contribution in [0, 0.1) is 0 Å². The maximum Gasteiger partial charge on any atom is 0.418 e. The summed E-state index contributed by atoms with van der Waals surface area (Å²) in [5, 5.41) is 2.41. The van der Waals surface area contributed by atoms with E-state index < -0.39 is 38.9 Å². The third kappa shape index (κ3) is 5.72. The van der Waals surface area contributed by atoms with Gasteiger partial charge in [-0.2, -0.15) is 13.2 Å². The van der Waals surface area contributed by atoms with Gasteiger partial charge in [0.25, 0.3) is 0 Å². The number of halogens is 3. The zero-order valence-electron chi connectivity index (χ0n) is 19.4. The van der Waals surface area contributed by atoms with E-state index in [-0.39, 0.29) is 17.3 Å². The molecule has 2 heterocycles. The average Bonchev–Trinajstić information content (AvgIpc) is 2.98. The van der Waals surface area contributed by atoms with Crippen LogP contribution in [0.25, 0.3) is 10.9 Å². The van der Waals surface area contributed by atoms with Crippen molar-refractivity contribution in [2.45, 2.75) is 43.3 Å². The van der Waals surface area contributed by atoms with Gasteiger partial charge in [0.1, 0.15) is 12.3 Å². The van der Waals surface area contributed by atoms with E-state index in [0.717, 1.165) is 37.8 Å². The molecule has 0 saturated carbocycles. The topological polar surface area (TPSA) is 88.5 Å². The number of sulfone groups is 1. The highest BCUT2D eigenvalue weighted by Crippen LogP contribution is 2.34. The van der Waals surface area contributed by atoms with Crippen molar-refractivity contribution in [2.24, 2.45) is 0 Å². The van der Waals surface area contributed by atoms with E-state index in [1.165, 1.54) is 18.3 Å². The number of hydrogen-bond acceptors (Lipinski definition) is 4. The smallest absolute Gasteiger partial charge is 0.341 e. The number of nitrogens with one attached hydrogen (secondary N) is 1. The van der Waals surface area contributed by atoms with Crippen LogP contribution in [0.2, 0.25) is 0 Å². The lowest BCUT2D eigenvalue weighted by Crippen LogP contribution is -2.34. The minimum Gasteiger partial charge on any atom is -0.341 e. The number of benzene rings is 2. The predicted molar refractivity (Wildman–Crippen MR) is 129 cm³/mol. The Morgan fingerprint density at radius 1 is 0.917 bits per heavy atom. The molecule has 11 heteroatoms. The molecule has 0 aliphatic carbocycles. The number of carbonyl (C=O) groups is 2. The van der Waals surface area contributed by atoms with Crippen molar-refractivity contribution in [1.82, 2.24) is 9.47 Å². The molecule has 2 amide bonds. The van der Waals surface area contributed by atoms with Crippen molar-refractivity contribution in [3.05, 3.63) is 60.3 Å². The van der Waals surface area contributed by atoms with Crippen LogP contribution in [0.15, 0.2) is 59.6 Å². The molecule has 0 atom stereocenters. The molecule has 36 heavy (non-hydrogen) atoms. The summed E-state index contributed by atoms with van der Waals surface area (Å²) in [5.74, 6) is -2.26. The van der Waals surface area contributed by atoms with E-state index in [1.807, 2.05) is 0 Å². The fourth-order valence-corrected chi connectivity index (χ4v) is 5.80. The fraction of sp³-hybridized carbons (Fsp3) is 0.360. The fourth-order valence-electron chi connectivity index (χ4n) is 4.43. The van der Waals surface area contributed by atoms with Gasteiger partial charge in [0.15, 0.2) is 9.84 Å². The quantitative estimate of drug-likeness (QED) is 0.518. The molecule has 0 unspecified atom stereocenters. The first kappa shape index (κ1) is 25.7. The molecule has 4 rings (SSSR count). The van der Waals surface area contributed by atoms with E-state index >= 15 is 0 Å². The van der Waals surface area contributed by atoms with Gasteiger partial charge in [-0.25, -0.2) is 8.42 Å². The summed E-state index contributed by atoms with van der Waals surface area (Å²) in [7, 11) is -4.24. The molecular weight excluding hydrogens is 495 g/mol. The van der Waals surface area contributed by atoms with Crippen molar-refractivity contribution >= 4 is 38.2 Å². The summed E-state index contributed by atoms with van der Waals surface area (Å²) in [4.78, 5) is 27.1. The van der Waals surface area contributed by atoms with Crippen LogP contribution in [0.1, 0.15) is 31.2 Å². The highest BCUT2D eigenvalue weighted by molar-refractivity contribution is 7.92. The lowest BCUT2D eigenvalue weighted by atomic mass is 10.1. The minimum absolute atomic E-state index is 0.0544. The maximum absolute atomic E-state index is 13.2. The Kier molecular flexibility index (Phi) is 7.39. The van der Waals surface area contributed by atoms with Crippen molar-refractivity contribution < 1.29 is 31.2 Å². The van der Waals surface area contributed by atoms with Crippen LogP contribution in [0.5, 0.6) is 0 Å². The number of fused-ring (bicyclic) bond motifs is 1. The molecule has 0 radical (unpaired) electrons. The number of hydrogen-bond donors (Lipinski definition) is 1. The van der Waals surface area contributed by atoms with Gasteiger partial charge in [0.2, 0.25) is 11.8 Å². The number of rotatable bonds is 6. The van der Waals surface area contributed by atoms with Crippen LogP contribution in [-0.2, 0) is 32.1 Å². The lowest BCUT2D eigenvalue weighted by molar-refractivity contribution is -0.137. The van der Waals surface area contributed by atoms with E-state index in [0.29, 0.717) is 24.0 Å². The van der Waals surface area contributed by atoms with Crippen molar-refractivity contribution in [3.8, 4) is 0 Å². The number of nitrogens with zero attached hydrogens (tertiary/aromatic N) is 2. The molecule has 1 aromatic heterocycles. The highest BCUT2D eigenvalue weighted by atomic mass is 32.2. The number of anilines is 1. The average molecular weight is 522 g/mol. The van der Waals surface area contributed by atoms with E-state index in [9.17, 15) is 31.2 Å². The third-order valence-corrected chi connectivity index (χ3v) is 7.82. The van der Waals surface area contributed by atoms with Crippen molar-refractivity contribution in [3.63, 3.8) is 0 Å². The summed E-state index contributed by atoms with van der Waals surface area (Å²) < 4.78 is 67.6. The summed E-state index contributed by atoms with van der Waals surface area (Å²) in [6, 6.07) is 11.0. The molecule has 2 aromatic carbocycles. The molecule has 1 N–H and O–H groups in total. The molecule has 192 valence electrons. The Balaban J connectivity index is 1.57. The van der Waals surface area contributed by atoms with E-state index in [4.69, 9.17) is 0 Å². The van der Waals surface area contributed by atoms with Gasteiger partial charge in [0, 0.05) is 30.2 Å². The number of alkyl halides is 3. The molecular formula is C25H26F3N3O4S. The first-order chi connectivity index (χ1) is 17.1. The maximum atomic E-state index is 13.2. The zero-order chi connectivity index (χ0) is 25.9. The summed E-state index contributed by atoms with van der Waals surface area (Å²) in [5.41, 5.74) is -1.07. The predicted octanol–water partition coefficient (Wildman–Crippen LogP) is 4.48. The highest BCUT2D eigenvalue weighted by Gasteiger charge is 2.34. The molecule has 3 aromatic rings. The van der Waals surface area contributed by atoms with Crippen LogP contribution >= 0.6 is 0 Å². The Labute approximate surface area is 206 Å². The van der Waals surface area contributed by atoms with Gasteiger partial charge < -0.3 is 14.8 Å². The molecule has 7 nitrogen and oxygen atoms in total. The largest absolute Gasteiger partial charge is 0.418 e. The normalized spacial score (nSPS) is 15.0. The van der Waals surface area contributed by atoms with E-state index in [1.54, 1.807) is 33.7 Å². The number of amides is 2. The third-order valence-electron chi connectivity index (χ3n) is 6.18. The molecule has 1 fully saturated rings. The lowest BCUT2D eigenvalue weighted by Gasteiger charge is -2.20. The second-order valence-electron chi connectivity index (χ2n) is 8.78. The number of carbonyl (C=O) groups excluding carboxylic acids is 2. The first-order valence-corrected chi connectivity index (χ1v) is 13.3. The second kappa shape index (κ2) is 10.3. The summed E-state index contributed by atoms with van der Waals surface area (Å²) in [6.45, 7) is 1.26. The van der Waals surface area contributed by atoms with Crippen LogP contribution < -0.4 is 5.32 Å². The van der Waals surface area contributed by atoms with Gasteiger partial charge in [0.05, 0.1) is 16.1 Å². The van der Waals surface area contributed by atoms with Crippen molar-refractivity contribution in [2.75, 3.05) is 24.2 Å². The van der Waals surface area contributed by atoms with Crippen LogP contribution in [0.3, 0.4) is 0 Å². The molecule has 0 bridgehead atoms. The van der Waals surface area contributed by atoms with Gasteiger partial charge in [-0.15, -0.1) is 0 Å².